The average Bonchev–Trinajstić information content (AvgIpc) is 3.07. The van der Waals surface area contributed by atoms with Crippen LogP contribution in [0.25, 0.3) is 0 Å². The second-order valence-electron chi connectivity index (χ2n) is 6.91. The van der Waals surface area contributed by atoms with Crippen molar-refractivity contribution in [2.45, 2.75) is 25.6 Å². The number of aryl methyl sites for hydroxylation is 1. The van der Waals surface area contributed by atoms with Gasteiger partial charge >= 0.3 is 0 Å². The average molecular weight is 366 g/mol. The van der Waals surface area contributed by atoms with Crippen molar-refractivity contribution < 1.29 is 9.13 Å². The largest absolute Gasteiger partial charge is 0.375 e. The third-order valence-corrected chi connectivity index (χ3v) is 5.05. The molecular formula is C21H23FN4O. The van der Waals surface area contributed by atoms with Crippen molar-refractivity contribution in [3.05, 3.63) is 82.9 Å². The topological polar surface area (TPSA) is 43.2 Å². The van der Waals surface area contributed by atoms with Gasteiger partial charge in [0.2, 0.25) is 0 Å². The number of fused-ring (bicyclic) bond motifs is 1. The summed E-state index contributed by atoms with van der Waals surface area (Å²) in [5.41, 5.74) is 4.38. The van der Waals surface area contributed by atoms with Gasteiger partial charge in [0.25, 0.3) is 0 Å². The Labute approximate surface area is 158 Å². The lowest BCUT2D eigenvalue weighted by atomic mass is 10.0. The van der Waals surface area contributed by atoms with Gasteiger partial charge in [-0.3, -0.25) is 9.58 Å². The molecule has 1 aromatic heterocycles. The summed E-state index contributed by atoms with van der Waals surface area (Å²) in [6.07, 6.45) is 0.898. The third-order valence-electron chi connectivity index (χ3n) is 5.05. The molecule has 140 valence electrons. The van der Waals surface area contributed by atoms with Gasteiger partial charge in [-0.1, -0.05) is 47.7 Å². The van der Waals surface area contributed by atoms with Gasteiger partial charge in [-0.25, -0.2) is 4.39 Å². The number of ether oxygens (including phenoxy) is 1. The van der Waals surface area contributed by atoms with Crippen molar-refractivity contribution in [1.29, 1.82) is 0 Å². The summed E-state index contributed by atoms with van der Waals surface area (Å²) in [5, 5.41) is 8.60. The Balaban J connectivity index is 1.49. The fraction of sp³-hybridized carbons (Fsp3) is 0.333. The van der Waals surface area contributed by atoms with Crippen LogP contribution in [0.4, 0.5) is 4.39 Å². The molecule has 0 amide bonds. The molecular weight excluding hydrogens is 343 g/mol. The zero-order valence-electron chi connectivity index (χ0n) is 15.4. The quantitative estimate of drug-likeness (QED) is 0.672. The van der Waals surface area contributed by atoms with Crippen LogP contribution in [0, 0.1) is 5.82 Å². The third kappa shape index (κ3) is 4.07. The number of hydrogen-bond acceptors (Lipinski definition) is 4. The Bertz CT molecular complexity index is 879. The fourth-order valence-electron chi connectivity index (χ4n) is 3.58. The predicted octanol–water partition coefficient (Wildman–Crippen LogP) is 3.27. The maximum Gasteiger partial charge on any atom is 0.123 e. The number of hydrogen-bond donors (Lipinski definition) is 0. The van der Waals surface area contributed by atoms with Crippen LogP contribution in [0.3, 0.4) is 0 Å². The zero-order valence-corrected chi connectivity index (χ0v) is 15.4. The zero-order chi connectivity index (χ0) is 18.6. The molecule has 0 aliphatic carbocycles. The Kier molecular flexibility index (Phi) is 5.27. The molecule has 0 unspecified atom stereocenters. The summed E-state index contributed by atoms with van der Waals surface area (Å²) >= 11 is 0. The second-order valence-corrected chi connectivity index (χ2v) is 6.91. The summed E-state index contributed by atoms with van der Waals surface area (Å²) in [6.45, 7) is 2.74. The van der Waals surface area contributed by atoms with E-state index in [4.69, 9.17) is 4.74 Å². The van der Waals surface area contributed by atoms with E-state index in [0.717, 1.165) is 36.3 Å². The SMILES string of the molecule is Cn1nnc2c1CCN(Cc1ccc(F)cc1)[C@@H]2COCc1ccccc1. The van der Waals surface area contributed by atoms with Crippen molar-refractivity contribution in [2.24, 2.45) is 7.05 Å². The van der Waals surface area contributed by atoms with E-state index >= 15 is 0 Å². The first-order valence-corrected chi connectivity index (χ1v) is 9.19. The number of nitrogens with zero attached hydrogens (tertiary/aromatic N) is 4. The van der Waals surface area contributed by atoms with E-state index in [-0.39, 0.29) is 11.9 Å². The van der Waals surface area contributed by atoms with Crippen LogP contribution >= 0.6 is 0 Å². The maximum absolute atomic E-state index is 13.2. The van der Waals surface area contributed by atoms with E-state index < -0.39 is 0 Å². The molecule has 0 saturated heterocycles. The molecule has 0 N–H and O–H groups in total. The number of aromatic nitrogens is 3. The Hall–Kier alpha value is -2.57. The molecule has 6 heteroatoms. The maximum atomic E-state index is 13.2. The van der Waals surface area contributed by atoms with Gasteiger partial charge in [-0.05, 0) is 23.3 Å². The van der Waals surface area contributed by atoms with Gasteiger partial charge in [-0.2, -0.15) is 0 Å². The number of benzene rings is 2. The van der Waals surface area contributed by atoms with Crippen molar-refractivity contribution >= 4 is 0 Å². The van der Waals surface area contributed by atoms with Gasteiger partial charge < -0.3 is 4.74 Å². The van der Waals surface area contributed by atoms with Gasteiger partial charge in [0.15, 0.2) is 0 Å². The highest BCUT2D eigenvalue weighted by molar-refractivity contribution is 5.21. The molecule has 1 atom stereocenters. The molecule has 0 fully saturated rings. The highest BCUT2D eigenvalue weighted by atomic mass is 19.1. The van der Waals surface area contributed by atoms with Crippen LogP contribution in [0.5, 0.6) is 0 Å². The van der Waals surface area contributed by atoms with Crippen LogP contribution in [0.2, 0.25) is 0 Å². The molecule has 27 heavy (non-hydrogen) atoms. The molecule has 1 aliphatic rings. The standard InChI is InChI=1S/C21H23FN4O/c1-25-19-11-12-26(13-16-7-9-18(22)10-8-16)20(21(19)23-24-25)15-27-14-17-5-3-2-4-6-17/h2-10,20H,11-15H2,1H3/t20-/m1/s1. The van der Waals surface area contributed by atoms with E-state index in [9.17, 15) is 4.39 Å². The lowest BCUT2D eigenvalue weighted by Gasteiger charge is -2.34. The molecule has 2 heterocycles. The molecule has 5 nitrogen and oxygen atoms in total. The highest BCUT2D eigenvalue weighted by Gasteiger charge is 2.31. The summed E-state index contributed by atoms with van der Waals surface area (Å²) in [7, 11) is 1.93. The monoisotopic (exact) mass is 366 g/mol. The first kappa shape index (κ1) is 17.8. The molecule has 2 aromatic carbocycles. The molecule has 3 aromatic rings. The highest BCUT2D eigenvalue weighted by Crippen LogP contribution is 2.29. The van der Waals surface area contributed by atoms with Crippen molar-refractivity contribution in [1.82, 2.24) is 19.9 Å². The Morgan fingerprint density at radius 2 is 1.85 bits per heavy atom. The van der Waals surface area contributed by atoms with E-state index in [1.165, 1.54) is 17.8 Å². The first-order chi connectivity index (χ1) is 13.2. The minimum absolute atomic E-state index is 0.0382. The van der Waals surface area contributed by atoms with Gasteiger partial charge in [0, 0.05) is 26.6 Å². The van der Waals surface area contributed by atoms with Crippen LogP contribution in [0.15, 0.2) is 54.6 Å². The fourth-order valence-corrected chi connectivity index (χ4v) is 3.58. The second kappa shape index (κ2) is 7.98. The normalized spacial score (nSPS) is 17.0. The number of halogens is 1. The van der Waals surface area contributed by atoms with Crippen molar-refractivity contribution in [3.63, 3.8) is 0 Å². The van der Waals surface area contributed by atoms with E-state index in [1.807, 2.05) is 42.1 Å². The minimum atomic E-state index is -0.212. The minimum Gasteiger partial charge on any atom is -0.375 e. The molecule has 0 radical (unpaired) electrons. The molecule has 0 bridgehead atoms. The van der Waals surface area contributed by atoms with Crippen LogP contribution in [0.1, 0.15) is 28.6 Å². The van der Waals surface area contributed by atoms with Crippen molar-refractivity contribution in [3.8, 4) is 0 Å². The molecule has 4 rings (SSSR count). The first-order valence-electron chi connectivity index (χ1n) is 9.19. The van der Waals surface area contributed by atoms with Gasteiger partial charge in [-0.15, -0.1) is 5.10 Å². The Morgan fingerprint density at radius 1 is 1.07 bits per heavy atom. The van der Waals surface area contributed by atoms with E-state index in [0.29, 0.717) is 13.2 Å². The van der Waals surface area contributed by atoms with Crippen molar-refractivity contribution in [2.75, 3.05) is 13.2 Å². The summed E-state index contributed by atoms with van der Waals surface area (Å²) < 4.78 is 21.1. The Morgan fingerprint density at radius 3 is 2.63 bits per heavy atom. The van der Waals surface area contributed by atoms with E-state index in [2.05, 4.69) is 27.3 Å². The number of rotatable bonds is 6. The van der Waals surface area contributed by atoms with Gasteiger partial charge in [0.1, 0.15) is 11.5 Å². The summed E-state index contributed by atoms with van der Waals surface area (Å²) in [6, 6.07) is 16.9. The molecule has 1 aliphatic heterocycles. The summed E-state index contributed by atoms with van der Waals surface area (Å²) in [5.74, 6) is -0.212. The van der Waals surface area contributed by atoms with Crippen LogP contribution in [-0.4, -0.2) is 33.0 Å². The lowest BCUT2D eigenvalue weighted by molar-refractivity contribution is 0.0389. The molecule has 0 saturated carbocycles. The lowest BCUT2D eigenvalue weighted by Crippen LogP contribution is -2.38. The predicted molar refractivity (Wildman–Crippen MR) is 100 cm³/mol. The van der Waals surface area contributed by atoms with Crippen LogP contribution < -0.4 is 0 Å². The van der Waals surface area contributed by atoms with Gasteiger partial charge in [0.05, 0.1) is 24.9 Å². The summed E-state index contributed by atoms with van der Waals surface area (Å²) in [4.78, 5) is 2.34. The van der Waals surface area contributed by atoms with E-state index in [1.54, 1.807) is 0 Å². The van der Waals surface area contributed by atoms with Crippen LogP contribution in [-0.2, 0) is 31.4 Å². The molecule has 0 spiro atoms. The smallest absolute Gasteiger partial charge is 0.123 e.